The Labute approximate surface area is 179 Å². The van der Waals surface area contributed by atoms with Crippen LogP contribution in [0, 0.1) is 5.92 Å². The van der Waals surface area contributed by atoms with Crippen molar-refractivity contribution in [1.82, 2.24) is 14.5 Å². The molecule has 0 atom stereocenters. The smallest absolute Gasteiger partial charge is 0.243 e. The van der Waals surface area contributed by atoms with Gasteiger partial charge in [0.25, 0.3) is 0 Å². The summed E-state index contributed by atoms with van der Waals surface area (Å²) in [5, 5.41) is 10.7. The molecule has 2 aromatic carbocycles. The van der Waals surface area contributed by atoms with Gasteiger partial charge in [0.05, 0.1) is 16.6 Å². The maximum Gasteiger partial charge on any atom is 0.243 e. The van der Waals surface area contributed by atoms with E-state index in [0.29, 0.717) is 43.2 Å². The number of nitrogens with zero attached hydrogens (tertiary/aromatic N) is 2. The largest absolute Gasteiger partial charge is 0.486 e. The van der Waals surface area contributed by atoms with Crippen molar-refractivity contribution in [3.63, 3.8) is 0 Å². The maximum absolute atomic E-state index is 13.1. The Morgan fingerprint density at radius 3 is 2.65 bits per heavy atom. The van der Waals surface area contributed by atoms with Gasteiger partial charge in [-0.05, 0) is 43.2 Å². The number of benzene rings is 2. The van der Waals surface area contributed by atoms with Crippen molar-refractivity contribution in [2.75, 3.05) is 31.6 Å². The van der Waals surface area contributed by atoms with Gasteiger partial charge < -0.3 is 14.8 Å². The second-order valence-electron chi connectivity index (χ2n) is 7.65. The van der Waals surface area contributed by atoms with E-state index in [1.807, 2.05) is 18.2 Å². The highest BCUT2D eigenvalue weighted by molar-refractivity contribution is 7.89. The fraction of sp³-hybridized carbons (Fsp3) is 0.333. The van der Waals surface area contributed by atoms with Crippen molar-refractivity contribution < 1.29 is 22.7 Å². The number of sulfonamides is 1. The molecule has 0 spiro atoms. The molecule has 2 aliphatic heterocycles. The molecule has 9 nitrogen and oxygen atoms in total. The normalized spacial score (nSPS) is 17.5. The third-order valence-electron chi connectivity index (χ3n) is 5.68. The number of piperidine rings is 1. The quantitative estimate of drug-likeness (QED) is 0.641. The van der Waals surface area contributed by atoms with Crippen LogP contribution in [0.4, 0.5) is 5.69 Å². The summed E-state index contributed by atoms with van der Waals surface area (Å²) in [7, 11) is -3.67. The molecule has 31 heavy (non-hydrogen) atoms. The number of nitrogens with one attached hydrogen (secondary N) is 2. The van der Waals surface area contributed by atoms with Gasteiger partial charge >= 0.3 is 0 Å². The fourth-order valence-electron chi connectivity index (χ4n) is 3.96. The van der Waals surface area contributed by atoms with E-state index in [1.54, 1.807) is 12.3 Å². The molecule has 5 rings (SSSR count). The standard InChI is InChI=1S/C21H22N4O5S/c26-21(23-16-1-3-18-15(11-16)13-22-24-18)14-5-7-25(8-6-14)31(27,28)17-2-4-19-20(12-17)30-10-9-29-19/h1-4,11-14H,5-10H2,(H,22,24)(H,23,26). The SMILES string of the molecule is O=C(Nc1ccc2[nH]ncc2c1)C1CCN(S(=O)(=O)c2ccc3c(c2)OCCO3)CC1. The van der Waals surface area contributed by atoms with Gasteiger partial charge in [-0.3, -0.25) is 9.89 Å². The molecule has 1 aromatic heterocycles. The number of hydrogen-bond donors (Lipinski definition) is 2. The summed E-state index contributed by atoms with van der Waals surface area (Å²) in [6, 6.07) is 10.2. The van der Waals surface area contributed by atoms with Gasteiger partial charge in [-0.2, -0.15) is 9.40 Å². The maximum atomic E-state index is 13.1. The van der Waals surface area contributed by atoms with Crippen LogP contribution < -0.4 is 14.8 Å². The van der Waals surface area contributed by atoms with E-state index in [4.69, 9.17) is 9.47 Å². The first kappa shape index (κ1) is 19.8. The molecule has 3 heterocycles. The van der Waals surface area contributed by atoms with Crippen LogP contribution in [0.1, 0.15) is 12.8 Å². The van der Waals surface area contributed by atoms with Gasteiger partial charge in [-0.25, -0.2) is 8.42 Å². The van der Waals surface area contributed by atoms with Gasteiger partial charge in [0.15, 0.2) is 11.5 Å². The zero-order valence-corrected chi connectivity index (χ0v) is 17.5. The molecule has 2 N–H and O–H groups in total. The predicted octanol–water partition coefficient (Wildman–Crippen LogP) is 2.37. The number of anilines is 1. The average Bonchev–Trinajstić information content (AvgIpc) is 3.27. The average molecular weight is 442 g/mol. The van der Waals surface area contributed by atoms with E-state index in [0.717, 1.165) is 10.9 Å². The number of carbonyl (C=O) groups is 1. The van der Waals surface area contributed by atoms with Gasteiger partial charge in [0.1, 0.15) is 13.2 Å². The Bertz CT molecular complexity index is 1230. The Balaban J connectivity index is 1.23. The monoisotopic (exact) mass is 442 g/mol. The first-order valence-corrected chi connectivity index (χ1v) is 11.6. The van der Waals surface area contributed by atoms with Crippen molar-refractivity contribution in [3.05, 3.63) is 42.6 Å². The summed E-state index contributed by atoms with van der Waals surface area (Å²) in [6.07, 6.45) is 2.62. The first-order chi connectivity index (χ1) is 15.0. The van der Waals surface area contributed by atoms with Crippen molar-refractivity contribution >= 4 is 32.5 Å². The highest BCUT2D eigenvalue weighted by Gasteiger charge is 2.33. The van der Waals surface area contributed by atoms with E-state index < -0.39 is 10.0 Å². The van der Waals surface area contributed by atoms with Crippen molar-refractivity contribution in [3.8, 4) is 11.5 Å². The molecule has 1 fully saturated rings. The number of carbonyl (C=O) groups excluding carboxylic acids is 1. The summed E-state index contributed by atoms with van der Waals surface area (Å²) in [4.78, 5) is 12.9. The van der Waals surface area contributed by atoms with E-state index in [9.17, 15) is 13.2 Å². The van der Waals surface area contributed by atoms with Gasteiger partial charge in [-0.1, -0.05) is 0 Å². The van der Waals surface area contributed by atoms with Crippen LogP contribution in [0.15, 0.2) is 47.5 Å². The molecule has 0 saturated carbocycles. The second-order valence-corrected chi connectivity index (χ2v) is 9.58. The summed E-state index contributed by atoms with van der Waals surface area (Å²) < 4.78 is 38.5. The Kier molecular flexibility index (Phi) is 5.03. The number of fused-ring (bicyclic) bond motifs is 2. The fourth-order valence-corrected chi connectivity index (χ4v) is 5.44. The molecule has 1 saturated heterocycles. The first-order valence-electron chi connectivity index (χ1n) is 10.1. The molecule has 0 unspecified atom stereocenters. The van der Waals surface area contributed by atoms with E-state index in [-0.39, 0.29) is 29.8 Å². The third-order valence-corrected chi connectivity index (χ3v) is 7.58. The summed E-state index contributed by atoms with van der Waals surface area (Å²) >= 11 is 0. The predicted molar refractivity (Wildman–Crippen MR) is 114 cm³/mol. The van der Waals surface area contributed by atoms with Crippen molar-refractivity contribution in [1.29, 1.82) is 0 Å². The van der Waals surface area contributed by atoms with Gasteiger partial charge in [0, 0.05) is 36.1 Å². The molecule has 0 radical (unpaired) electrons. The van der Waals surface area contributed by atoms with Crippen LogP contribution in [0.25, 0.3) is 10.9 Å². The molecule has 162 valence electrons. The summed E-state index contributed by atoms with van der Waals surface area (Å²) in [5.74, 6) is 0.649. The Hall–Kier alpha value is -3.11. The minimum atomic E-state index is -3.67. The van der Waals surface area contributed by atoms with Crippen LogP contribution in [0.2, 0.25) is 0 Å². The zero-order valence-electron chi connectivity index (χ0n) is 16.7. The van der Waals surface area contributed by atoms with Crippen LogP contribution in [0.3, 0.4) is 0 Å². The van der Waals surface area contributed by atoms with Crippen LogP contribution in [0.5, 0.6) is 11.5 Å². The number of aromatic nitrogens is 2. The third kappa shape index (κ3) is 3.84. The summed E-state index contributed by atoms with van der Waals surface area (Å²) in [5.41, 5.74) is 1.60. The Morgan fingerprint density at radius 1 is 1.06 bits per heavy atom. The molecule has 0 bridgehead atoms. The summed E-state index contributed by atoms with van der Waals surface area (Å²) in [6.45, 7) is 1.42. The number of ether oxygens (including phenoxy) is 2. The topological polar surface area (TPSA) is 114 Å². The molecule has 0 aliphatic carbocycles. The minimum absolute atomic E-state index is 0.0979. The van der Waals surface area contributed by atoms with Crippen LogP contribution >= 0.6 is 0 Å². The molecular formula is C21H22N4O5S. The number of rotatable bonds is 4. The number of hydrogen-bond acceptors (Lipinski definition) is 6. The molecule has 2 aliphatic rings. The van der Waals surface area contributed by atoms with Crippen molar-refractivity contribution in [2.45, 2.75) is 17.7 Å². The van der Waals surface area contributed by atoms with Crippen LogP contribution in [-0.4, -0.2) is 55.1 Å². The van der Waals surface area contributed by atoms with Gasteiger partial charge in [0.2, 0.25) is 15.9 Å². The van der Waals surface area contributed by atoms with Crippen molar-refractivity contribution in [2.24, 2.45) is 5.92 Å². The lowest BCUT2D eigenvalue weighted by Crippen LogP contribution is -2.41. The van der Waals surface area contributed by atoms with E-state index in [1.165, 1.54) is 16.4 Å². The molecule has 3 aromatic rings. The lowest BCUT2D eigenvalue weighted by Gasteiger charge is -2.30. The highest BCUT2D eigenvalue weighted by atomic mass is 32.2. The number of aromatic amines is 1. The lowest BCUT2D eigenvalue weighted by atomic mass is 9.97. The molecule has 10 heteroatoms. The molecule has 1 amide bonds. The van der Waals surface area contributed by atoms with E-state index in [2.05, 4.69) is 15.5 Å². The van der Waals surface area contributed by atoms with Gasteiger partial charge in [-0.15, -0.1) is 0 Å². The lowest BCUT2D eigenvalue weighted by molar-refractivity contribution is -0.120. The minimum Gasteiger partial charge on any atom is -0.486 e. The number of amides is 1. The second kappa shape index (κ2) is 7.86. The highest BCUT2D eigenvalue weighted by Crippen LogP contribution is 2.34. The van der Waals surface area contributed by atoms with Crippen LogP contribution in [-0.2, 0) is 14.8 Å². The molecular weight excluding hydrogens is 420 g/mol. The van der Waals surface area contributed by atoms with E-state index >= 15 is 0 Å². The zero-order chi connectivity index (χ0) is 21.4. The Morgan fingerprint density at radius 2 is 1.84 bits per heavy atom. The number of H-pyrrole nitrogens is 1.